The summed E-state index contributed by atoms with van der Waals surface area (Å²) in [6, 6.07) is 13.0. The van der Waals surface area contributed by atoms with Gasteiger partial charge >= 0.3 is 0 Å². The van der Waals surface area contributed by atoms with E-state index in [2.05, 4.69) is 20.9 Å². The lowest BCUT2D eigenvalue weighted by Gasteiger charge is -2.09. The molecule has 2 aromatic carbocycles. The molecule has 8 nitrogen and oxygen atoms in total. The summed E-state index contributed by atoms with van der Waals surface area (Å²) in [5.74, 6) is -0.764. The second kappa shape index (κ2) is 7.91. The highest BCUT2D eigenvalue weighted by atomic mass is 16.2. The number of aromatic nitrogens is 3. The number of nitrogens with one attached hydrogen (secondary N) is 2. The van der Waals surface area contributed by atoms with E-state index in [0.717, 1.165) is 16.7 Å². The number of nitrogens with zero attached hydrogens (tertiary/aromatic N) is 3. The minimum Gasteiger partial charge on any atom is -0.382 e. The molecule has 0 saturated heterocycles. The lowest BCUT2D eigenvalue weighted by molar-refractivity contribution is -0.116. The average Bonchev–Trinajstić information content (AvgIpc) is 3.00. The van der Waals surface area contributed by atoms with E-state index in [1.165, 1.54) is 4.68 Å². The molecule has 0 aliphatic rings. The van der Waals surface area contributed by atoms with E-state index in [-0.39, 0.29) is 24.0 Å². The van der Waals surface area contributed by atoms with Crippen molar-refractivity contribution < 1.29 is 9.59 Å². The molecule has 4 N–H and O–H groups in total. The topological polar surface area (TPSA) is 115 Å². The molecule has 0 saturated carbocycles. The number of hydrogen-bond donors (Lipinski definition) is 3. The number of nitrogen functional groups attached to an aromatic ring is 1. The predicted octanol–water partition coefficient (Wildman–Crippen LogP) is 2.68. The van der Waals surface area contributed by atoms with Crippen molar-refractivity contribution >= 4 is 29.0 Å². The third-order valence-electron chi connectivity index (χ3n) is 4.47. The largest absolute Gasteiger partial charge is 0.382 e. The molecule has 0 fully saturated rings. The van der Waals surface area contributed by atoms with Crippen LogP contribution >= 0.6 is 0 Å². The molecule has 28 heavy (non-hydrogen) atoms. The van der Waals surface area contributed by atoms with Crippen LogP contribution in [0.3, 0.4) is 0 Å². The van der Waals surface area contributed by atoms with Crippen molar-refractivity contribution in [1.29, 1.82) is 0 Å². The van der Waals surface area contributed by atoms with E-state index in [9.17, 15) is 9.59 Å². The lowest BCUT2D eigenvalue weighted by atomic mass is 10.1. The zero-order valence-corrected chi connectivity index (χ0v) is 16.0. The number of rotatable bonds is 5. The minimum absolute atomic E-state index is 0.0257. The Morgan fingerprint density at radius 1 is 1.00 bits per heavy atom. The fourth-order valence-electron chi connectivity index (χ4n) is 2.65. The smallest absolute Gasteiger partial charge is 0.280 e. The third-order valence-corrected chi connectivity index (χ3v) is 4.47. The van der Waals surface area contributed by atoms with E-state index in [4.69, 9.17) is 5.73 Å². The van der Waals surface area contributed by atoms with Gasteiger partial charge in [0, 0.05) is 11.4 Å². The van der Waals surface area contributed by atoms with E-state index in [1.807, 2.05) is 57.2 Å². The highest BCUT2D eigenvalue weighted by Gasteiger charge is 2.19. The molecule has 2 amide bonds. The Morgan fingerprint density at radius 2 is 1.75 bits per heavy atom. The van der Waals surface area contributed by atoms with Crippen LogP contribution in [0.4, 0.5) is 17.2 Å². The Balaban J connectivity index is 1.68. The molecule has 0 bridgehead atoms. The Bertz CT molecular complexity index is 1040. The summed E-state index contributed by atoms with van der Waals surface area (Å²) in [7, 11) is 0. The maximum Gasteiger partial charge on any atom is 0.280 e. The summed E-state index contributed by atoms with van der Waals surface area (Å²) < 4.78 is 1.20. The normalized spacial score (nSPS) is 10.5. The number of nitrogens with two attached hydrogens (primary N) is 1. The lowest BCUT2D eigenvalue weighted by Crippen LogP contribution is -2.21. The molecule has 0 radical (unpaired) electrons. The quantitative estimate of drug-likeness (QED) is 0.631. The predicted molar refractivity (Wildman–Crippen MR) is 108 cm³/mol. The molecule has 0 aliphatic heterocycles. The first kappa shape index (κ1) is 19.1. The fraction of sp³-hybridized carbons (Fsp3) is 0.200. The summed E-state index contributed by atoms with van der Waals surface area (Å²) in [5.41, 5.74) is 10.4. The van der Waals surface area contributed by atoms with Crippen molar-refractivity contribution in [2.75, 3.05) is 16.4 Å². The Kier molecular flexibility index (Phi) is 5.39. The zero-order chi connectivity index (χ0) is 20.3. The van der Waals surface area contributed by atoms with Crippen LogP contribution in [0.25, 0.3) is 0 Å². The maximum absolute atomic E-state index is 12.4. The van der Waals surface area contributed by atoms with Gasteiger partial charge in [-0.3, -0.25) is 9.59 Å². The van der Waals surface area contributed by atoms with Crippen LogP contribution in [0.1, 0.15) is 27.2 Å². The van der Waals surface area contributed by atoms with Gasteiger partial charge in [-0.1, -0.05) is 29.5 Å². The van der Waals surface area contributed by atoms with Gasteiger partial charge in [0.1, 0.15) is 6.54 Å². The molecular weight excluding hydrogens is 356 g/mol. The number of anilines is 3. The summed E-state index contributed by atoms with van der Waals surface area (Å²) in [6.45, 7) is 5.71. The van der Waals surface area contributed by atoms with Crippen LogP contribution in [0.5, 0.6) is 0 Å². The molecule has 3 aromatic rings. The second-order valence-electron chi connectivity index (χ2n) is 6.60. The van der Waals surface area contributed by atoms with Crippen molar-refractivity contribution in [3.05, 3.63) is 64.8 Å². The van der Waals surface area contributed by atoms with E-state index in [0.29, 0.717) is 11.4 Å². The summed E-state index contributed by atoms with van der Waals surface area (Å²) in [6.07, 6.45) is 0. The molecule has 1 aromatic heterocycles. The molecule has 1 heterocycles. The van der Waals surface area contributed by atoms with Gasteiger partial charge in [-0.15, -0.1) is 5.10 Å². The molecule has 3 rings (SSSR count). The van der Waals surface area contributed by atoms with Gasteiger partial charge in [-0.05, 0) is 55.7 Å². The SMILES string of the molecule is Cc1ccc(NC(=O)Cn2nnc(C(=O)Nc3ccccc3C)c2N)cc1C. The summed E-state index contributed by atoms with van der Waals surface area (Å²) in [5, 5.41) is 13.2. The van der Waals surface area contributed by atoms with Crippen LogP contribution < -0.4 is 16.4 Å². The fourth-order valence-corrected chi connectivity index (χ4v) is 2.65. The maximum atomic E-state index is 12.4. The van der Waals surface area contributed by atoms with Crippen LogP contribution in [0.15, 0.2) is 42.5 Å². The van der Waals surface area contributed by atoms with Gasteiger partial charge in [0.15, 0.2) is 11.5 Å². The highest BCUT2D eigenvalue weighted by Crippen LogP contribution is 2.17. The molecule has 8 heteroatoms. The van der Waals surface area contributed by atoms with Gasteiger partial charge in [-0.2, -0.15) is 0 Å². The molecule has 144 valence electrons. The van der Waals surface area contributed by atoms with E-state index >= 15 is 0 Å². The van der Waals surface area contributed by atoms with Crippen LogP contribution in [-0.4, -0.2) is 26.8 Å². The Hall–Kier alpha value is -3.68. The van der Waals surface area contributed by atoms with Gasteiger partial charge in [-0.25, -0.2) is 4.68 Å². The Labute approximate surface area is 162 Å². The van der Waals surface area contributed by atoms with Gasteiger partial charge < -0.3 is 16.4 Å². The molecule has 0 aliphatic carbocycles. The second-order valence-corrected chi connectivity index (χ2v) is 6.60. The van der Waals surface area contributed by atoms with Gasteiger partial charge in [0.25, 0.3) is 5.91 Å². The first-order valence-corrected chi connectivity index (χ1v) is 8.78. The molecule has 0 spiro atoms. The number of carbonyl (C=O) groups excluding carboxylic acids is 2. The minimum atomic E-state index is -0.479. The number of hydrogen-bond acceptors (Lipinski definition) is 5. The van der Waals surface area contributed by atoms with Crippen molar-refractivity contribution in [1.82, 2.24) is 15.0 Å². The number of carbonyl (C=O) groups is 2. The van der Waals surface area contributed by atoms with Crippen LogP contribution in [0, 0.1) is 20.8 Å². The number of aryl methyl sites for hydroxylation is 3. The van der Waals surface area contributed by atoms with Crippen molar-refractivity contribution in [3.63, 3.8) is 0 Å². The standard InChI is InChI=1S/C20H22N6O2/c1-12-8-9-15(10-14(12)3)22-17(27)11-26-19(21)18(24-25-26)20(28)23-16-7-5-4-6-13(16)2/h4-10H,11,21H2,1-3H3,(H,22,27)(H,23,28). The summed E-state index contributed by atoms with van der Waals surface area (Å²) >= 11 is 0. The average molecular weight is 378 g/mol. The zero-order valence-electron chi connectivity index (χ0n) is 16.0. The monoisotopic (exact) mass is 378 g/mol. The van der Waals surface area contributed by atoms with Gasteiger partial charge in [0.2, 0.25) is 5.91 Å². The number of amides is 2. The molecule has 0 unspecified atom stereocenters. The van der Waals surface area contributed by atoms with Gasteiger partial charge in [0.05, 0.1) is 0 Å². The summed E-state index contributed by atoms with van der Waals surface area (Å²) in [4.78, 5) is 24.7. The van der Waals surface area contributed by atoms with Crippen LogP contribution in [-0.2, 0) is 11.3 Å². The van der Waals surface area contributed by atoms with E-state index in [1.54, 1.807) is 6.07 Å². The molecule has 0 atom stereocenters. The third kappa shape index (κ3) is 4.17. The number of para-hydroxylation sites is 1. The van der Waals surface area contributed by atoms with Crippen molar-refractivity contribution in [3.8, 4) is 0 Å². The first-order chi connectivity index (χ1) is 13.3. The van der Waals surface area contributed by atoms with Crippen LogP contribution in [0.2, 0.25) is 0 Å². The highest BCUT2D eigenvalue weighted by molar-refractivity contribution is 6.06. The molecular formula is C20H22N6O2. The Morgan fingerprint density at radius 3 is 2.46 bits per heavy atom. The first-order valence-electron chi connectivity index (χ1n) is 8.78. The van der Waals surface area contributed by atoms with E-state index < -0.39 is 5.91 Å². The van der Waals surface area contributed by atoms with Crippen molar-refractivity contribution in [2.24, 2.45) is 0 Å². The van der Waals surface area contributed by atoms with Crippen molar-refractivity contribution in [2.45, 2.75) is 27.3 Å². The number of benzene rings is 2.